The van der Waals surface area contributed by atoms with Crippen molar-refractivity contribution >= 4 is 10.8 Å². The monoisotopic (exact) mass is 512 g/mol. The maximum Gasteiger partial charge on any atom is 0.119 e. The fourth-order valence-corrected chi connectivity index (χ4v) is 6.16. The van der Waals surface area contributed by atoms with E-state index in [1.54, 1.807) is 0 Å². The molecular formula is C35H28O4. The summed E-state index contributed by atoms with van der Waals surface area (Å²) in [5, 5.41) is 2.51. The Kier molecular flexibility index (Phi) is 5.25. The number of hydrogen-bond acceptors (Lipinski definition) is 4. The van der Waals surface area contributed by atoms with Gasteiger partial charge in [0.05, 0.1) is 18.6 Å². The zero-order valence-corrected chi connectivity index (χ0v) is 21.5. The van der Waals surface area contributed by atoms with Gasteiger partial charge in [-0.1, -0.05) is 84.9 Å². The van der Waals surface area contributed by atoms with E-state index in [1.165, 1.54) is 44.2 Å². The van der Waals surface area contributed by atoms with E-state index in [0.717, 1.165) is 24.7 Å². The minimum atomic E-state index is -0.497. The Morgan fingerprint density at radius 3 is 1.77 bits per heavy atom. The summed E-state index contributed by atoms with van der Waals surface area (Å²) in [4.78, 5) is 0. The summed E-state index contributed by atoms with van der Waals surface area (Å²) < 4.78 is 22.7. The van der Waals surface area contributed by atoms with Gasteiger partial charge in [-0.2, -0.15) is 0 Å². The molecule has 0 bridgehead atoms. The molecule has 1 aliphatic carbocycles. The van der Waals surface area contributed by atoms with E-state index in [-0.39, 0.29) is 12.2 Å². The Bertz CT molecular complexity index is 1600. The number of epoxide rings is 2. The molecule has 4 nitrogen and oxygen atoms in total. The van der Waals surface area contributed by atoms with Gasteiger partial charge in [-0.25, -0.2) is 0 Å². The molecule has 2 heterocycles. The summed E-state index contributed by atoms with van der Waals surface area (Å²) in [5.74, 6) is 1.72. The molecule has 2 aliphatic heterocycles. The molecule has 0 N–H and O–H groups in total. The van der Waals surface area contributed by atoms with Gasteiger partial charge < -0.3 is 18.9 Å². The molecule has 3 aliphatic rings. The van der Waals surface area contributed by atoms with Crippen molar-refractivity contribution in [2.45, 2.75) is 17.6 Å². The Hall–Kier alpha value is -4.12. The number of benzene rings is 5. The lowest BCUT2D eigenvalue weighted by Crippen LogP contribution is -2.29. The summed E-state index contributed by atoms with van der Waals surface area (Å²) in [5.41, 5.74) is 7.08. The van der Waals surface area contributed by atoms with Gasteiger partial charge in [0.15, 0.2) is 0 Å². The number of fused-ring (bicyclic) bond motifs is 5. The predicted molar refractivity (Wildman–Crippen MR) is 152 cm³/mol. The number of hydrogen-bond donors (Lipinski definition) is 0. The molecule has 5 aromatic rings. The van der Waals surface area contributed by atoms with Crippen molar-refractivity contribution in [2.24, 2.45) is 0 Å². The SMILES string of the molecule is c1ccc2c(c1)-c1ccc3ccccc3c1C2(c1ccc(OCC2CO2)cc1)c1ccc(OCC2CO2)cc1. The molecule has 2 fully saturated rings. The van der Waals surface area contributed by atoms with Crippen molar-refractivity contribution in [3.8, 4) is 22.6 Å². The van der Waals surface area contributed by atoms with Crippen LogP contribution in [0.25, 0.3) is 21.9 Å². The average molecular weight is 513 g/mol. The molecule has 192 valence electrons. The van der Waals surface area contributed by atoms with E-state index in [4.69, 9.17) is 18.9 Å². The van der Waals surface area contributed by atoms with Gasteiger partial charge in [0.1, 0.15) is 36.9 Å². The third kappa shape index (κ3) is 3.82. The Morgan fingerprint density at radius 1 is 0.590 bits per heavy atom. The normalized spacial score (nSPS) is 22.3. The summed E-state index contributed by atoms with van der Waals surface area (Å²) in [6.07, 6.45) is 0.450. The second kappa shape index (κ2) is 8.98. The molecule has 2 saturated heterocycles. The Morgan fingerprint density at radius 2 is 1.15 bits per heavy atom. The fraction of sp³-hybridized carbons (Fsp3) is 0.200. The van der Waals surface area contributed by atoms with Crippen LogP contribution in [0.15, 0.2) is 109 Å². The first-order valence-corrected chi connectivity index (χ1v) is 13.6. The Balaban J connectivity index is 1.34. The lowest BCUT2D eigenvalue weighted by atomic mass is 9.66. The van der Waals surface area contributed by atoms with Crippen LogP contribution in [0.1, 0.15) is 22.3 Å². The highest BCUT2D eigenvalue weighted by Gasteiger charge is 2.47. The Labute approximate surface area is 227 Å². The molecule has 0 aromatic heterocycles. The quantitative estimate of drug-likeness (QED) is 0.211. The largest absolute Gasteiger partial charge is 0.491 e. The van der Waals surface area contributed by atoms with Gasteiger partial charge in [0.2, 0.25) is 0 Å². The molecule has 2 atom stereocenters. The molecule has 0 radical (unpaired) electrons. The minimum absolute atomic E-state index is 0.225. The van der Waals surface area contributed by atoms with Gasteiger partial charge in [0.25, 0.3) is 0 Å². The minimum Gasteiger partial charge on any atom is -0.491 e. The second-order valence-corrected chi connectivity index (χ2v) is 10.6. The van der Waals surface area contributed by atoms with Gasteiger partial charge in [-0.15, -0.1) is 0 Å². The highest BCUT2D eigenvalue weighted by Crippen LogP contribution is 2.58. The third-order valence-corrected chi connectivity index (χ3v) is 8.18. The molecule has 2 unspecified atom stereocenters. The van der Waals surface area contributed by atoms with Crippen LogP contribution in [0.5, 0.6) is 11.5 Å². The van der Waals surface area contributed by atoms with E-state index in [2.05, 4.69) is 109 Å². The fourth-order valence-electron chi connectivity index (χ4n) is 6.16. The number of ether oxygens (including phenoxy) is 4. The lowest BCUT2D eigenvalue weighted by molar-refractivity contribution is 0.263. The second-order valence-electron chi connectivity index (χ2n) is 10.6. The highest BCUT2D eigenvalue weighted by atomic mass is 16.6. The van der Waals surface area contributed by atoms with Gasteiger partial charge >= 0.3 is 0 Å². The lowest BCUT2D eigenvalue weighted by Gasteiger charge is -2.35. The summed E-state index contributed by atoms with van der Waals surface area (Å²) in [6.45, 7) is 2.76. The van der Waals surface area contributed by atoms with Crippen LogP contribution in [0.2, 0.25) is 0 Å². The zero-order chi connectivity index (χ0) is 25.8. The van der Waals surface area contributed by atoms with Crippen LogP contribution >= 0.6 is 0 Å². The maximum atomic E-state index is 6.01. The van der Waals surface area contributed by atoms with E-state index in [1.807, 2.05) is 0 Å². The first-order chi connectivity index (χ1) is 19.3. The van der Waals surface area contributed by atoms with E-state index < -0.39 is 5.41 Å². The smallest absolute Gasteiger partial charge is 0.119 e. The van der Waals surface area contributed by atoms with Gasteiger partial charge in [0, 0.05) is 0 Å². The third-order valence-electron chi connectivity index (χ3n) is 8.18. The van der Waals surface area contributed by atoms with Crippen molar-refractivity contribution < 1.29 is 18.9 Å². The van der Waals surface area contributed by atoms with Crippen molar-refractivity contribution in [1.29, 1.82) is 0 Å². The molecular weight excluding hydrogens is 484 g/mol. The summed E-state index contributed by atoms with van der Waals surface area (Å²) in [6, 6.07) is 39.4. The standard InChI is InChI=1S/C35H28O4/c1-2-6-30-23(5-1)9-18-32-31-7-3-4-8-33(31)35(34(30)32,24-10-14-26(15-11-24)36-19-28-21-38-28)25-12-16-27(17-13-25)37-20-29-22-39-29/h1-18,28-29H,19-22H2. The van der Waals surface area contributed by atoms with E-state index in [0.29, 0.717) is 13.2 Å². The van der Waals surface area contributed by atoms with Gasteiger partial charge in [-0.05, 0) is 68.4 Å². The first kappa shape index (κ1) is 22.8. The van der Waals surface area contributed by atoms with Crippen molar-refractivity contribution in [3.63, 3.8) is 0 Å². The van der Waals surface area contributed by atoms with Crippen molar-refractivity contribution in [1.82, 2.24) is 0 Å². The molecule has 0 saturated carbocycles. The van der Waals surface area contributed by atoms with Crippen molar-refractivity contribution in [2.75, 3.05) is 26.4 Å². The average Bonchev–Trinajstić information content (AvgIpc) is 3.94. The van der Waals surface area contributed by atoms with Crippen LogP contribution in [0.3, 0.4) is 0 Å². The first-order valence-electron chi connectivity index (χ1n) is 13.6. The molecule has 4 heteroatoms. The molecule has 8 rings (SSSR count). The predicted octanol–water partition coefficient (Wildman–Crippen LogP) is 6.76. The van der Waals surface area contributed by atoms with Crippen LogP contribution in [-0.2, 0) is 14.9 Å². The highest BCUT2D eigenvalue weighted by molar-refractivity contribution is 6.00. The van der Waals surface area contributed by atoms with Crippen LogP contribution < -0.4 is 9.47 Å². The van der Waals surface area contributed by atoms with Crippen LogP contribution in [-0.4, -0.2) is 38.6 Å². The maximum absolute atomic E-state index is 6.01. The van der Waals surface area contributed by atoms with E-state index in [9.17, 15) is 0 Å². The topological polar surface area (TPSA) is 43.5 Å². The van der Waals surface area contributed by atoms with E-state index >= 15 is 0 Å². The molecule has 0 spiro atoms. The van der Waals surface area contributed by atoms with Crippen LogP contribution in [0, 0.1) is 0 Å². The van der Waals surface area contributed by atoms with Gasteiger partial charge in [-0.3, -0.25) is 0 Å². The summed E-state index contributed by atoms with van der Waals surface area (Å²) in [7, 11) is 0. The van der Waals surface area contributed by atoms with Crippen molar-refractivity contribution in [3.05, 3.63) is 131 Å². The molecule has 5 aromatic carbocycles. The zero-order valence-electron chi connectivity index (χ0n) is 21.5. The molecule has 0 amide bonds. The molecule has 39 heavy (non-hydrogen) atoms. The number of rotatable bonds is 8. The van der Waals surface area contributed by atoms with Crippen LogP contribution in [0.4, 0.5) is 0 Å². The summed E-state index contributed by atoms with van der Waals surface area (Å²) >= 11 is 0.